The minimum Gasteiger partial charge on any atom is -0.351 e. The van der Waals surface area contributed by atoms with Crippen LogP contribution in [-0.2, 0) is 11.3 Å². The third-order valence-electron chi connectivity index (χ3n) is 2.15. The van der Waals surface area contributed by atoms with Gasteiger partial charge in [0.1, 0.15) is 0 Å². The Hall–Kier alpha value is -0.870. The van der Waals surface area contributed by atoms with E-state index in [1.54, 1.807) is 0 Å². The fraction of sp³-hybridized carbons (Fsp3) is 0.417. The third-order valence-corrected chi connectivity index (χ3v) is 2.92. The molecule has 4 heteroatoms. The average molecular weight is 285 g/mol. The highest BCUT2D eigenvalue weighted by molar-refractivity contribution is 9.10. The van der Waals surface area contributed by atoms with Crippen LogP contribution in [0.25, 0.3) is 0 Å². The smallest absolute Gasteiger partial charge is 0.234 e. The van der Waals surface area contributed by atoms with Gasteiger partial charge in [0.25, 0.3) is 0 Å². The molecule has 1 aromatic rings. The van der Waals surface area contributed by atoms with Crippen molar-refractivity contribution in [2.45, 2.75) is 19.9 Å². The number of benzene rings is 1. The van der Waals surface area contributed by atoms with Crippen molar-refractivity contribution in [3.63, 3.8) is 0 Å². The van der Waals surface area contributed by atoms with Gasteiger partial charge in [0.15, 0.2) is 0 Å². The van der Waals surface area contributed by atoms with Crippen LogP contribution in [0.1, 0.15) is 18.9 Å². The maximum Gasteiger partial charge on any atom is 0.234 e. The predicted molar refractivity (Wildman–Crippen MR) is 69.1 cm³/mol. The van der Waals surface area contributed by atoms with Crippen molar-refractivity contribution in [3.05, 3.63) is 34.3 Å². The number of hydrogen-bond acceptors (Lipinski definition) is 2. The Bertz CT molecular complexity index is 342. The number of amides is 1. The summed E-state index contributed by atoms with van der Waals surface area (Å²) in [5, 5.41) is 5.93. The molecule has 0 spiro atoms. The normalized spacial score (nSPS) is 10.1. The molecule has 0 fully saturated rings. The SMILES string of the molecule is CCCNCC(=O)NCc1ccccc1Br. The molecule has 0 unspecified atom stereocenters. The van der Waals surface area contributed by atoms with Crippen molar-refractivity contribution in [1.29, 1.82) is 0 Å². The van der Waals surface area contributed by atoms with Crippen LogP contribution in [0.5, 0.6) is 0 Å². The highest BCUT2D eigenvalue weighted by atomic mass is 79.9. The van der Waals surface area contributed by atoms with Crippen molar-refractivity contribution < 1.29 is 4.79 Å². The molecule has 0 saturated heterocycles. The molecule has 1 aromatic carbocycles. The lowest BCUT2D eigenvalue weighted by Crippen LogP contribution is -2.33. The first-order valence-corrected chi connectivity index (χ1v) is 6.24. The van der Waals surface area contributed by atoms with Gasteiger partial charge in [0.2, 0.25) is 5.91 Å². The van der Waals surface area contributed by atoms with Crippen molar-refractivity contribution >= 4 is 21.8 Å². The van der Waals surface area contributed by atoms with Gasteiger partial charge in [-0.3, -0.25) is 4.79 Å². The van der Waals surface area contributed by atoms with Gasteiger partial charge < -0.3 is 10.6 Å². The zero-order valence-electron chi connectivity index (χ0n) is 9.42. The quantitative estimate of drug-likeness (QED) is 0.786. The minimum atomic E-state index is 0.0317. The monoisotopic (exact) mass is 284 g/mol. The molecule has 0 aliphatic heterocycles. The Morgan fingerprint density at radius 2 is 2.12 bits per heavy atom. The van der Waals surface area contributed by atoms with E-state index in [0.29, 0.717) is 13.1 Å². The van der Waals surface area contributed by atoms with E-state index in [1.165, 1.54) is 0 Å². The van der Waals surface area contributed by atoms with E-state index < -0.39 is 0 Å². The Morgan fingerprint density at radius 3 is 2.81 bits per heavy atom. The second-order valence-corrected chi connectivity index (χ2v) is 4.40. The summed E-state index contributed by atoms with van der Waals surface area (Å²) < 4.78 is 1.02. The molecule has 0 radical (unpaired) electrons. The fourth-order valence-electron chi connectivity index (χ4n) is 1.28. The fourth-order valence-corrected chi connectivity index (χ4v) is 1.70. The van der Waals surface area contributed by atoms with Gasteiger partial charge in [-0.25, -0.2) is 0 Å². The maximum absolute atomic E-state index is 11.4. The molecule has 0 aliphatic rings. The standard InChI is InChI=1S/C12H17BrN2O/c1-2-7-14-9-12(16)15-8-10-5-3-4-6-11(10)13/h3-6,14H,2,7-9H2,1H3,(H,15,16). The molecule has 0 atom stereocenters. The van der Waals surface area contributed by atoms with Crippen LogP contribution in [0.2, 0.25) is 0 Å². The van der Waals surface area contributed by atoms with E-state index in [1.807, 2.05) is 24.3 Å². The van der Waals surface area contributed by atoms with Crippen molar-refractivity contribution in [3.8, 4) is 0 Å². The molecule has 1 amide bonds. The first kappa shape index (κ1) is 13.2. The summed E-state index contributed by atoms with van der Waals surface area (Å²) in [5.74, 6) is 0.0317. The Kier molecular flexibility index (Phi) is 6.11. The third kappa shape index (κ3) is 4.77. The Labute approximate surface area is 105 Å². The molecule has 0 heterocycles. The predicted octanol–water partition coefficient (Wildman–Crippen LogP) is 2.06. The second kappa shape index (κ2) is 7.41. The molecule has 0 aliphatic carbocycles. The summed E-state index contributed by atoms with van der Waals surface area (Å²) in [6, 6.07) is 7.88. The largest absolute Gasteiger partial charge is 0.351 e. The van der Waals surface area contributed by atoms with E-state index in [4.69, 9.17) is 0 Å². The summed E-state index contributed by atoms with van der Waals surface area (Å²) in [6.07, 6.45) is 1.04. The first-order valence-electron chi connectivity index (χ1n) is 5.45. The molecule has 88 valence electrons. The van der Waals surface area contributed by atoms with Crippen LogP contribution in [0, 0.1) is 0 Å². The lowest BCUT2D eigenvalue weighted by Gasteiger charge is -2.07. The summed E-state index contributed by atoms with van der Waals surface area (Å²) >= 11 is 3.44. The van der Waals surface area contributed by atoms with Crippen molar-refractivity contribution in [2.24, 2.45) is 0 Å². The van der Waals surface area contributed by atoms with Gasteiger partial charge in [0, 0.05) is 11.0 Å². The van der Waals surface area contributed by atoms with E-state index in [-0.39, 0.29) is 5.91 Å². The van der Waals surface area contributed by atoms with E-state index in [9.17, 15) is 4.79 Å². The number of carbonyl (C=O) groups excluding carboxylic acids is 1. The minimum absolute atomic E-state index is 0.0317. The number of halogens is 1. The van der Waals surface area contributed by atoms with E-state index in [2.05, 4.69) is 33.5 Å². The number of hydrogen-bond donors (Lipinski definition) is 2. The second-order valence-electron chi connectivity index (χ2n) is 3.54. The summed E-state index contributed by atoms with van der Waals surface area (Å²) in [5.41, 5.74) is 1.09. The highest BCUT2D eigenvalue weighted by Crippen LogP contribution is 2.14. The molecule has 16 heavy (non-hydrogen) atoms. The topological polar surface area (TPSA) is 41.1 Å². The Morgan fingerprint density at radius 1 is 1.38 bits per heavy atom. The van der Waals surface area contributed by atoms with E-state index in [0.717, 1.165) is 23.0 Å². The van der Waals surface area contributed by atoms with Crippen molar-refractivity contribution in [2.75, 3.05) is 13.1 Å². The summed E-state index contributed by atoms with van der Waals surface area (Å²) in [7, 11) is 0. The zero-order valence-corrected chi connectivity index (χ0v) is 11.0. The van der Waals surface area contributed by atoms with Crippen LogP contribution in [0.15, 0.2) is 28.7 Å². The van der Waals surface area contributed by atoms with Gasteiger partial charge >= 0.3 is 0 Å². The van der Waals surface area contributed by atoms with Gasteiger partial charge in [-0.15, -0.1) is 0 Å². The maximum atomic E-state index is 11.4. The first-order chi connectivity index (χ1) is 7.74. The average Bonchev–Trinajstić information content (AvgIpc) is 2.28. The van der Waals surface area contributed by atoms with Crippen LogP contribution < -0.4 is 10.6 Å². The molecule has 0 aromatic heterocycles. The molecule has 0 saturated carbocycles. The van der Waals surface area contributed by atoms with Crippen LogP contribution in [0.3, 0.4) is 0 Å². The van der Waals surface area contributed by atoms with Gasteiger partial charge in [0.05, 0.1) is 6.54 Å². The van der Waals surface area contributed by atoms with Crippen LogP contribution >= 0.6 is 15.9 Å². The molecular weight excluding hydrogens is 268 g/mol. The Balaban J connectivity index is 2.29. The molecular formula is C12H17BrN2O. The lowest BCUT2D eigenvalue weighted by atomic mass is 10.2. The number of carbonyl (C=O) groups is 1. The zero-order chi connectivity index (χ0) is 11.8. The van der Waals surface area contributed by atoms with Crippen molar-refractivity contribution in [1.82, 2.24) is 10.6 Å². The molecule has 0 bridgehead atoms. The van der Waals surface area contributed by atoms with Gasteiger partial charge in [-0.05, 0) is 24.6 Å². The number of nitrogens with one attached hydrogen (secondary N) is 2. The van der Waals surface area contributed by atoms with Crippen LogP contribution in [-0.4, -0.2) is 19.0 Å². The summed E-state index contributed by atoms with van der Waals surface area (Å²) in [6.45, 7) is 3.90. The summed E-state index contributed by atoms with van der Waals surface area (Å²) in [4.78, 5) is 11.4. The highest BCUT2D eigenvalue weighted by Gasteiger charge is 2.02. The van der Waals surface area contributed by atoms with Crippen LogP contribution in [0.4, 0.5) is 0 Å². The molecule has 2 N–H and O–H groups in total. The van der Waals surface area contributed by atoms with Gasteiger partial charge in [-0.2, -0.15) is 0 Å². The van der Waals surface area contributed by atoms with E-state index >= 15 is 0 Å². The molecule has 3 nitrogen and oxygen atoms in total. The molecule has 1 rings (SSSR count). The lowest BCUT2D eigenvalue weighted by molar-refractivity contribution is -0.120. The van der Waals surface area contributed by atoms with Gasteiger partial charge in [-0.1, -0.05) is 41.1 Å². The number of rotatable bonds is 6.